The fraction of sp³-hybridized carbons (Fsp3) is 0.385. The lowest BCUT2D eigenvalue weighted by Crippen LogP contribution is -2.34. The molecule has 0 aliphatic rings. The molecule has 1 aromatic heterocycles. The maximum atomic E-state index is 12.2. The lowest BCUT2D eigenvalue weighted by molar-refractivity contribution is 0.0533. The van der Waals surface area contributed by atoms with Crippen molar-refractivity contribution in [3.8, 4) is 0 Å². The van der Waals surface area contributed by atoms with Crippen molar-refractivity contribution >= 4 is 10.8 Å². The van der Waals surface area contributed by atoms with E-state index in [2.05, 4.69) is 5.10 Å². The maximum absolute atomic E-state index is 12.2. The largest absolute Gasteiger partial charge is 0.375 e. The van der Waals surface area contributed by atoms with E-state index in [0.29, 0.717) is 25.1 Å². The fourth-order valence-corrected chi connectivity index (χ4v) is 1.88. The summed E-state index contributed by atoms with van der Waals surface area (Å²) >= 11 is 0. The number of nitrogens with two attached hydrogens (primary N) is 1. The van der Waals surface area contributed by atoms with Crippen LogP contribution in [0.4, 0.5) is 0 Å². The quantitative estimate of drug-likeness (QED) is 0.846. The molecule has 0 bridgehead atoms. The average molecular weight is 247 g/mol. The summed E-state index contributed by atoms with van der Waals surface area (Å²) in [5, 5.41) is 5.66. The van der Waals surface area contributed by atoms with Gasteiger partial charge in [-0.15, -0.1) is 0 Å². The Labute approximate surface area is 105 Å². The summed E-state index contributed by atoms with van der Waals surface area (Å²) in [4.78, 5) is 12.2. The first-order valence-corrected chi connectivity index (χ1v) is 6.02. The zero-order valence-electron chi connectivity index (χ0n) is 10.4. The molecule has 0 aliphatic heterocycles. The molecule has 2 rings (SSSR count). The van der Waals surface area contributed by atoms with Crippen molar-refractivity contribution < 1.29 is 4.74 Å². The van der Waals surface area contributed by atoms with Crippen molar-refractivity contribution in [3.63, 3.8) is 0 Å². The molecule has 5 heteroatoms. The standard InChI is InChI=1S/C13H17N3O2/c1-2-18-11(7-14)9-16-13(17)12-6-4-3-5-10(12)8-15-16/h3-6,8,11H,2,7,9,14H2,1H3. The molecule has 96 valence electrons. The van der Waals surface area contributed by atoms with Crippen LogP contribution in [0.15, 0.2) is 35.3 Å². The van der Waals surface area contributed by atoms with Crippen LogP contribution in [-0.2, 0) is 11.3 Å². The first-order chi connectivity index (χ1) is 8.76. The van der Waals surface area contributed by atoms with E-state index >= 15 is 0 Å². The molecule has 1 heterocycles. The molecule has 0 amide bonds. The molecule has 18 heavy (non-hydrogen) atoms. The van der Waals surface area contributed by atoms with Gasteiger partial charge in [0.15, 0.2) is 0 Å². The number of nitrogens with zero attached hydrogens (tertiary/aromatic N) is 2. The number of hydrogen-bond acceptors (Lipinski definition) is 4. The normalized spacial score (nSPS) is 12.8. The first-order valence-electron chi connectivity index (χ1n) is 6.02. The van der Waals surface area contributed by atoms with Gasteiger partial charge in [-0.25, -0.2) is 4.68 Å². The third-order valence-electron chi connectivity index (χ3n) is 2.80. The molecule has 2 N–H and O–H groups in total. The zero-order valence-corrected chi connectivity index (χ0v) is 10.4. The number of ether oxygens (including phenoxy) is 1. The van der Waals surface area contributed by atoms with Gasteiger partial charge in [-0.05, 0) is 13.0 Å². The number of rotatable bonds is 5. The Balaban J connectivity index is 2.34. The highest BCUT2D eigenvalue weighted by Crippen LogP contribution is 2.06. The third kappa shape index (κ3) is 2.57. The molecule has 0 fully saturated rings. The van der Waals surface area contributed by atoms with E-state index in [9.17, 15) is 4.79 Å². The van der Waals surface area contributed by atoms with Gasteiger partial charge in [0.1, 0.15) is 0 Å². The number of hydrogen-bond donors (Lipinski definition) is 1. The van der Waals surface area contributed by atoms with Crippen LogP contribution < -0.4 is 11.3 Å². The summed E-state index contributed by atoms with van der Waals surface area (Å²) in [5.41, 5.74) is 5.50. The van der Waals surface area contributed by atoms with E-state index in [-0.39, 0.29) is 11.7 Å². The highest BCUT2D eigenvalue weighted by molar-refractivity contribution is 5.80. The van der Waals surface area contributed by atoms with E-state index in [4.69, 9.17) is 10.5 Å². The van der Waals surface area contributed by atoms with Crippen LogP contribution >= 0.6 is 0 Å². The molecule has 1 unspecified atom stereocenters. The Morgan fingerprint density at radius 3 is 2.94 bits per heavy atom. The molecule has 0 spiro atoms. The summed E-state index contributed by atoms with van der Waals surface area (Å²) in [6, 6.07) is 7.40. The van der Waals surface area contributed by atoms with Crippen molar-refractivity contribution in [1.82, 2.24) is 9.78 Å². The molecular weight excluding hydrogens is 230 g/mol. The molecule has 0 saturated carbocycles. The lowest BCUT2D eigenvalue weighted by Gasteiger charge is -2.15. The van der Waals surface area contributed by atoms with Crippen molar-refractivity contribution in [2.75, 3.05) is 13.2 Å². The molecule has 0 radical (unpaired) electrons. The summed E-state index contributed by atoms with van der Waals surface area (Å²) in [6.45, 7) is 3.23. The van der Waals surface area contributed by atoms with Gasteiger partial charge in [-0.1, -0.05) is 18.2 Å². The zero-order chi connectivity index (χ0) is 13.0. The Kier molecular flexibility index (Phi) is 4.07. The van der Waals surface area contributed by atoms with Crippen LogP contribution in [0.3, 0.4) is 0 Å². The predicted octanol–water partition coefficient (Wildman–Crippen LogP) is 0.760. The second kappa shape index (κ2) is 5.75. The minimum absolute atomic E-state index is 0.105. The maximum Gasteiger partial charge on any atom is 0.274 e. The van der Waals surface area contributed by atoms with Crippen molar-refractivity contribution in [1.29, 1.82) is 0 Å². The van der Waals surface area contributed by atoms with Gasteiger partial charge in [-0.3, -0.25) is 4.79 Å². The van der Waals surface area contributed by atoms with E-state index in [1.165, 1.54) is 4.68 Å². The minimum Gasteiger partial charge on any atom is -0.375 e. The smallest absolute Gasteiger partial charge is 0.274 e. The number of fused-ring (bicyclic) bond motifs is 1. The van der Waals surface area contributed by atoms with Gasteiger partial charge >= 0.3 is 0 Å². The predicted molar refractivity (Wildman–Crippen MR) is 70.5 cm³/mol. The molecule has 0 saturated heterocycles. The van der Waals surface area contributed by atoms with Crippen LogP contribution in [0.1, 0.15) is 6.92 Å². The Bertz CT molecular complexity index is 580. The highest BCUT2D eigenvalue weighted by atomic mass is 16.5. The summed E-state index contributed by atoms with van der Waals surface area (Å²) < 4.78 is 6.85. The van der Waals surface area contributed by atoms with Crippen molar-refractivity contribution in [2.24, 2.45) is 5.73 Å². The number of benzene rings is 1. The molecule has 1 aromatic carbocycles. The van der Waals surface area contributed by atoms with Gasteiger partial charge in [0.25, 0.3) is 5.56 Å². The Morgan fingerprint density at radius 1 is 1.44 bits per heavy atom. The van der Waals surface area contributed by atoms with E-state index in [1.807, 2.05) is 25.1 Å². The monoisotopic (exact) mass is 247 g/mol. The highest BCUT2D eigenvalue weighted by Gasteiger charge is 2.10. The Hall–Kier alpha value is -1.72. The van der Waals surface area contributed by atoms with E-state index in [1.54, 1.807) is 12.3 Å². The second-order valence-electron chi connectivity index (χ2n) is 4.03. The Morgan fingerprint density at radius 2 is 2.22 bits per heavy atom. The second-order valence-corrected chi connectivity index (χ2v) is 4.03. The molecular formula is C13H17N3O2. The van der Waals surface area contributed by atoms with Crippen LogP contribution in [0.5, 0.6) is 0 Å². The number of aromatic nitrogens is 2. The van der Waals surface area contributed by atoms with Gasteiger partial charge in [-0.2, -0.15) is 5.10 Å². The van der Waals surface area contributed by atoms with E-state index in [0.717, 1.165) is 5.39 Å². The molecule has 5 nitrogen and oxygen atoms in total. The van der Waals surface area contributed by atoms with Crippen LogP contribution in [0, 0.1) is 0 Å². The van der Waals surface area contributed by atoms with Crippen LogP contribution in [-0.4, -0.2) is 29.0 Å². The molecule has 2 aromatic rings. The van der Waals surface area contributed by atoms with Gasteiger partial charge in [0, 0.05) is 18.5 Å². The SMILES string of the molecule is CCOC(CN)Cn1ncc2ccccc2c1=O. The topological polar surface area (TPSA) is 70.1 Å². The average Bonchev–Trinajstić information content (AvgIpc) is 2.41. The third-order valence-corrected chi connectivity index (χ3v) is 2.80. The summed E-state index contributed by atoms with van der Waals surface area (Å²) in [7, 11) is 0. The molecule has 1 atom stereocenters. The minimum atomic E-state index is -0.179. The van der Waals surface area contributed by atoms with Gasteiger partial charge < -0.3 is 10.5 Å². The van der Waals surface area contributed by atoms with Gasteiger partial charge in [0.2, 0.25) is 0 Å². The van der Waals surface area contributed by atoms with E-state index < -0.39 is 0 Å². The van der Waals surface area contributed by atoms with Crippen molar-refractivity contribution in [3.05, 3.63) is 40.8 Å². The van der Waals surface area contributed by atoms with Crippen LogP contribution in [0.25, 0.3) is 10.8 Å². The van der Waals surface area contributed by atoms with Crippen LogP contribution in [0.2, 0.25) is 0 Å². The van der Waals surface area contributed by atoms with Gasteiger partial charge in [0.05, 0.1) is 24.2 Å². The summed E-state index contributed by atoms with van der Waals surface area (Å²) in [5.74, 6) is 0. The lowest BCUT2D eigenvalue weighted by atomic mass is 10.2. The molecule has 0 aliphatic carbocycles. The first kappa shape index (κ1) is 12.7. The summed E-state index contributed by atoms with van der Waals surface area (Å²) in [6.07, 6.45) is 1.51. The van der Waals surface area contributed by atoms with Crippen molar-refractivity contribution in [2.45, 2.75) is 19.6 Å². The fourth-order valence-electron chi connectivity index (χ4n) is 1.88.